The first-order chi connectivity index (χ1) is 10.1. The van der Waals surface area contributed by atoms with E-state index in [9.17, 15) is 4.79 Å². The van der Waals surface area contributed by atoms with E-state index in [1.165, 1.54) is 10.5 Å². The molecule has 2 aromatic heterocycles. The van der Waals surface area contributed by atoms with Crippen LogP contribution in [0.1, 0.15) is 11.3 Å². The number of benzene rings is 1. The number of pyridine rings is 1. The van der Waals surface area contributed by atoms with Crippen LogP contribution in [0.3, 0.4) is 0 Å². The zero-order valence-electron chi connectivity index (χ0n) is 11.5. The molecule has 3 aromatic rings. The van der Waals surface area contributed by atoms with Crippen molar-refractivity contribution < 1.29 is 0 Å². The second kappa shape index (κ2) is 5.58. The Morgan fingerprint density at radius 3 is 2.86 bits per heavy atom. The Labute approximate surface area is 127 Å². The number of halogens is 1. The van der Waals surface area contributed by atoms with Gasteiger partial charge in [-0.05, 0) is 30.7 Å². The summed E-state index contributed by atoms with van der Waals surface area (Å²) >= 11 is 5.89. The molecular weight excluding hydrogens is 286 g/mol. The lowest BCUT2D eigenvalue weighted by molar-refractivity contribution is 0.970. The van der Waals surface area contributed by atoms with Crippen LogP contribution in [0.25, 0.3) is 5.65 Å². The Balaban J connectivity index is 1.90. The number of rotatable bonds is 3. The fourth-order valence-corrected chi connectivity index (χ4v) is 2.33. The summed E-state index contributed by atoms with van der Waals surface area (Å²) in [6.07, 6.45) is 1.57. The molecule has 0 saturated carbocycles. The van der Waals surface area contributed by atoms with E-state index in [-0.39, 0.29) is 5.56 Å². The Hall–Kier alpha value is -2.33. The van der Waals surface area contributed by atoms with Crippen molar-refractivity contribution in [1.29, 1.82) is 0 Å². The van der Waals surface area contributed by atoms with Crippen LogP contribution in [0.4, 0.5) is 5.69 Å². The van der Waals surface area contributed by atoms with E-state index in [1.807, 2.05) is 31.2 Å². The molecule has 106 valence electrons. The van der Waals surface area contributed by atoms with Crippen molar-refractivity contribution in [3.05, 3.63) is 75.3 Å². The Morgan fingerprint density at radius 1 is 1.24 bits per heavy atom. The van der Waals surface area contributed by atoms with Gasteiger partial charge in [0.2, 0.25) is 0 Å². The van der Waals surface area contributed by atoms with Gasteiger partial charge < -0.3 is 5.32 Å². The Kier molecular flexibility index (Phi) is 3.62. The summed E-state index contributed by atoms with van der Waals surface area (Å²) in [5.74, 6) is 0. The molecule has 0 saturated heterocycles. The van der Waals surface area contributed by atoms with Gasteiger partial charge in [0.05, 0.1) is 17.3 Å². The fraction of sp³-hybridized carbons (Fsp3) is 0.125. The standard InChI is InChI=1S/C16H14ClN3O/c1-11-4-2-3-5-14(11)18-9-13-8-16(21)20-10-12(17)6-7-15(20)19-13/h2-8,10,18H,9H2,1H3. The average molecular weight is 300 g/mol. The highest BCUT2D eigenvalue weighted by Crippen LogP contribution is 2.14. The highest BCUT2D eigenvalue weighted by atomic mass is 35.5. The molecule has 0 amide bonds. The molecule has 0 aliphatic rings. The van der Waals surface area contributed by atoms with Crippen molar-refractivity contribution in [2.45, 2.75) is 13.5 Å². The largest absolute Gasteiger partial charge is 0.379 e. The molecule has 2 heterocycles. The van der Waals surface area contributed by atoms with Gasteiger partial charge in [-0.15, -0.1) is 0 Å². The Morgan fingerprint density at radius 2 is 2.05 bits per heavy atom. The van der Waals surface area contributed by atoms with Gasteiger partial charge in [0.25, 0.3) is 5.56 Å². The SMILES string of the molecule is Cc1ccccc1NCc1cc(=O)n2cc(Cl)ccc2n1. The number of hydrogen-bond donors (Lipinski definition) is 1. The molecule has 0 aliphatic heterocycles. The molecule has 0 bridgehead atoms. The smallest absolute Gasteiger partial charge is 0.258 e. The van der Waals surface area contributed by atoms with Crippen LogP contribution < -0.4 is 10.9 Å². The number of hydrogen-bond acceptors (Lipinski definition) is 3. The number of aryl methyl sites for hydroxylation is 1. The number of aromatic nitrogens is 2. The van der Waals surface area contributed by atoms with Crippen molar-refractivity contribution in [2.75, 3.05) is 5.32 Å². The highest BCUT2D eigenvalue weighted by molar-refractivity contribution is 6.30. The lowest BCUT2D eigenvalue weighted by atomic mass is 10.2. The van der Waals surface area contributed by atoms with Gasteiger partial charge in [-0.25, -0.2) is 4.98 Å². The summed E-state index contributed by atoms with van der Waals surface area (Å²) in [4.78, 5) is 16.5. The third-order valence-corrected chi connectivity index (χ3v) is 3.51. The molecule has 0 unspecified atom stereocenters. The maximum Gasteiger partial charge on any atom is 0.258 e. The van der Waals surface area contributed by atoms with Crippen LogP contribution in [0, 0.1) is 6.92 Å². The van der Waals surface area contributed by atoms with Crippen LogP contribution in [0.5, 0.6) is 0 Å². The summed E-state index contributed by atoms with van der Waals surface area (Å²) in [7, 11) is 0. The van der Waals surface area contributed by atoms with E-state index >= 15 is 0 Å². The first-order valence-electron chi connectivity index (χ1n) is 6.61. The van der Waals surface area contributed by atoms with Crippen LogP contribution in [0.2, 0.25) is 5.02 Å². The zero-order chi connectivity index (χ0) is 14.8. The van der Waals surface area contributed by atoms with Gasteiger partial charge in [-0.2, -0.15) is 0 Å². The molecule has 4 nitrogen and oxygen atoms in total. The van der Waals surface area contributed by atoms with Crippen LogP contribution in [-0.4, -0.2) is 9.38 Å². The molecular formula is C16H14ClN3O. The highest BCUT2D eigenvalue weighted by Gasteiger charge is 2.04. The molecule has 0 fully saturated rings. The summed E-state index contributed by atoms with van der Waals surface area (Å²) in [6.45, 7) is 2.53. The number of nitrogens with one attached hydrogen (secondary N) is 1. The molecule has 0 aliphatic carbocycles. The predicted octanol–water partition coefficient (Wildman–Crippen LogP) is 3.27. The molecule has 0 spiro atoms. The maximum atomic E-state index is 12.1. The number of fused-ring (bicyclic) bond motifs is 1. The summed E-state index contributed by atoms with van der Waals surface area (Å²) in [5.41, 5.74) is 3.35. The van der Waals surface area contributed by atoms with Crippen molar-refractivity contribution in [3.63, 3.8) is 0 Å². The van der Waals surface area contributed by atoms with Crippen LogP contribution in [-0.2, 0) is 6.54 Å². The van der Waals surface area contributed by atoms with Crippen molar-refractivity contribution in [2.24, 2.45) is 0 Å². The van der Waals surface area contributed by atoms with Gasteiger partial charge in [0.15, 0.2) is 0 Å². The fourth-order valence-electron chi connectivity index (χ4n) is 2.17. The monoisotopic (exact) mass is 299 g/mol. The second-order valence-corrected chi connectivity index (χ2v) is 5.27. The normalized spacial score (nSPS) is 10.8. The van der Waals surface area contributed by atoms with Gasteiger partial charge in [-0.3, -0.25) is 9.20 Å². The summed E-state index contributed by atoms with van der Waals surface area (Å²) in [6, 6.07) is 13.0. The van der Waals surface area contributed by atoms with E-state index in [0.717, 1.165) is 11.3 Å². The van der Waals surface area contributed by atoms with E-state index in [4.69, 9.17) is 11.6 Å². The van der Waals surface area contributed by atoms with E-state index < -0.39 is 0 Å². The number of anilines is 1. The molecule has 21 heavy (non-hydrogen) atoms. The quantitative estimate of drug-likeness (QED) is 0.807. The van der Waals surface area contributed by atoms with Crippen LogP contribution in [0.15, 0.2) is 53.5 Å². The lowest BCUT2D eigenvalue weighted by Crippen LogP contribution is -2.16. The molecule has 0 radical (unpaired) electrons. The van der Waals surface area contributed by atoms with Crippen molar-refractivity contribution in [1.82, 2.24) is 9.38 Å². The average Bonchev–Trinajstić information content (AvgIpc) is 2.47. The first kappa shape index (κ1) is 13.6. The zero-order valence-corrected chi connectivity index (χ0v) is 12.3. The molecule has 3 rings (SSSR count). The molecule has 1 N–H and O–H groups in total. The third kappa shape index (κ3) is 2.90. The Bertz CT molecular complexity index is 858. The first-order valence-corrected chi connectivity index (χ1v) is 6.98. The van der Waals surface area contributed by atoms with Crippen LogP contribution >= 0.6 is 11.6 Å². The van der Waals surface area contributed by atoms with Crippen molar-refractivity contribution >= 4 is 22.9 Å². The molecule has 1 aromatic carbocycles. The van der Waals surface area contributed by atoms with Gasteiger partial charge in [0, 0.05) is 18.0 Å². The third-order valence-electron chi connectivity index (χ3n) is 3.28. The lowest BCUT2D eigenvalue weighted by Gasteiger charge is -2.09. The van der Waals surface area contributed by atoms with E-state index in [2.05, 4.69) is 10.3 Å². The number of para-hydroxylation sites is 1. The minimum atomic E-state index is -0.135. The maximum absolute atomic E-state index is 12.1. The van der Waals surface area contributed by atoms with Crippen molar-refractivity contribution in [3.8, 4) is 0 Å². The summed E-state index contributed by atoms with van der Waals surface area (Å²) in [5, 5.41) is 3.81. The minimum Gasteiger partial charge on any atom is -0.379 e. The van der Waals surface area contributed by atoms with Gasteiger partial charge in [0.1, 0.15) is 5.65 Å². The van der Waals surface area contributed by atoms with Gasteiger partial charge in [-0.1, -0.05) is 29.8 Å². The summed E-state index contributed by atoms with van der Waals surface area (Å²) < 4.78 is 1.44. The topological polar surface area (TPSA) is 46.4 Å². The number of nitrogens with zero attached hydrogens (tertiary/aromatic N) is 2. The predicted molar refractivity (Wildman–Crippen MR) is 85.0 cm³/mol. The molecule has 5 heteroatoms. The second-order valence-electron chi connectivity index (χ2n) is 4.83. The minimum absolute atomic E-state index is 0.135. The molecule has 0 atom stereocenters. The van der Waals surface area contributed by atoms with E-state index in [0.29, 0.717) is 22.9 Å². The van der Waals surface area contributed by atoms with E-state index in [1.54, 1.807) is 18.3 Å². The van der Waals surface area contributed by atoms with Gasteiger partial charge >= 0.3 is 0 Å².